The van der Waals surface area contributed by atoms with Crippen LogP contribution in [0.1, 0.15) is 15.9 Å². The smallest absolute Gasteiger partial charge is 0.150 e. The molecule has 0 aliphatic heterocycles. The maximum absolute atomic E-state index is 10.3. The van der Waals surface area contributed by atoms with Crippen LogP contribution in [0.3, 0.4) is 0 Å². The first-order valence-electron chi connectivity index (χ1n) is 3.26. The number of hydrogen-bond acceptors (Lipinski definition) is 3. The number of rotatable bonds is 1. The Morgan fingerprint density at radius 3 is 2.09 bits per heavy atom. The van der Waals surface area contributed by atoms with Crippen molar-refractivity contribution in [3.05, 3.63) is 23.3 Å². The highest BCUT2D eigenvalue weighted by Gasteiger charge is 2.00. The number of nitrogens with two attached hydrogens (primary N) is 2. The standard InChI is InChI=1S/C8H10N2O/c1-5-7(9)2-6(4-11)3-8(5)10/h2-4H,9-10H2,1H3. The van der Waals surface area contributed by atoms with Gasteiger partial charge in [0.25, 0.3) is 0 Å². The molecular formula is C8H10N2O. The van der Waals surface area contributed by atoms with Gasteiger partial charge in [0.1, 0.15) is 6.29 Å². The first kappa shape index (κ1) is 7.60. The lowest BCUT2D eigenvalue weighted by Gasteiger charge is -2.03. The van der Waals surface area contributed by atoms with Crippen molar-refractivity contribution in [3.8, 4) is 0 Å². The van der Waals surface area contributed by atoms with Crippen LogP contribution in [0.5, 0.6) is 0 Å². The van der Waals surface area contributed by atoms with Gasteiger partial charge < -0.3 is 11.5 Å². The molecule has 3 nitrogen and oxygen atoms in total. The van der Waals surface area contributed by atoms with Crippen molar-refractivity contribution in [2.75, 3.05) is 11.5 Å². The third-order valence-corrected chi connectivity index (χ3v) is 1.65. The van der Waals surface area contributed by atoms with E-state index in [-0.39, 0.29) is 0 Å². The number of carbonyl (C=O) groups excluding carboxylic acids is 1. The van der Waals surface area contributed by atoms with E-state index in [1.54, 1.807) is 12.1 Å². The van der Waals surface area contributed by atoms with Crippen LogP contribution in [0.4, 0.5) is 11.4 Å². The number of carbonyl (C=O) groups is 1. The topological polar surface area (TPSA) is 69.1 Å². The molecular weight excluding hydrogens is 140 g/mol. The maximum Gasteiger partial charge on any atom is 0.150 e. The van der Waals surface area contributed by atoms with E-state index in [4.69, 9.17) is 11.5 Å². The molecule has 11 heavy (non-hydrogen) atoms. The van der Waals surface area contributed by atoms with E-state index in [0.29, 0.717) is 16.9 Å². The lowest BCUT2D eigenvalue weighted by molar-refractivity contribution is 0.112. The second-order valence-electron chi connectivity index (χ2n) is 2.44. The molecule has 0 unspecified atom stereocenters. The minimum atomic E-state index is 0.519. The second-order valence-corrected chi connectivity index (χ2v) is 2.44. The largest absolute Gasteiger partial charge is 0.398 e. The molecule has 0 fully saturated rings. The SMILES string of the molecule is Cc1c(N)cc(C=O)cc1N. The van der Waals surface area contributed by atoms with Gasteiger partial charge in [-0.3, -0.25) is 4.79 Å². The van der Waals surface area contributed by atoms with Crippen LogP contribution in [0.2, 0.25) is 0 Å². The van der Waals surface area contributed by atoms with Crippen LogP contribution in [-0.4, -0.2) is 6.29 Å². The highest BCUT2D eigenvalue weighted by atomic mass is 16.1. The summed E-state index contributed by atoms with van der Waals surface area (Å²) in [5, 5.41) is 0. The normalized spacial score (nSPS) is 9.55. The number of anilines is 2. The summed E-state index contributed by atoms with van der Waals surface area (Å²) in [5.74, 6) is 0. The number of nitrogen functional groups attached to an aromatic ring is 2. The van der Waals surface area contributed by atoms with Gasteiger partial charge in [-0.2, -0.15) is 0 Å². The predicted octanol–water partition coefficient (Wildman–Crippen LogP) is 0.972. The van der Waals surface area contributed by atoms with Crippen LogP contribution in [0.25, 0.3) is 0 Å². The molecule has 58 valence electrons. The van der Waals surface area contributed by atoms with Crippen molar-refractivity contribution in [1.82, 2.24) is 0 Å². The predicted molar refractivity (Wildman–Crippen MR) is 45.4 cm³/mol. The molecule has 0 amide bonds. The van der Waals surface area contributed by atoms with Gasteiger partial charge in [0.15, 0.2) is 0 Å². The minimum Gasteiger partial charge on any atom is -0.398 e. The zero-order valence-electron chi connectivity index (χ0n) is 6.29. The zero-order chi connectivity index (χ0) is 8.43. The number of benzene rings is 1. The summed E-state index contributed by atoms with van der Waals surface area (Å²) in [4.78, 5) is 10.3. The Hall–Kier alpha value is -1.51. The molecule has 4 N–H and O–H groups in total. The Morgan fingerprint density at radius 2 is 1.73 bits per heavy atom. The van der Waals surface area contributed by atoms with Gasteiger partial charge >= 0.3 is 0 Å². The maximum atomic E-state index is 10.3. The molecule has 0 heterocycles. The number of hydrogen-bond donors (Lipinski definition) is 2. The van der Waals surface area contributed by atoms with Crippen molar-refractivity contribution in [1.29, 1.82) is 0 Å². The first-order valence-corrected chi connectivity index (χ1v) is 3.26. The van der Waals surface area contributed by atoms with E-state index >= 15 is 0 Å². The fourth-order valence-corrected chi connectivity index (χ4v) is 0.852. The van der Waals surface area contributed by atoms with Crippen LogP contribution in [0, 0.1) is 6.92 Å². The van der Waals surface area contributed by atoms with Gasteiger partial charge in [-0.1, -0.05) is 0 Å². The Balaban J connectivity index is 3.31. The fourth-order valence-electron chi connectivity index (χ4n) is 0.852. The van der Waals surface area contributed by atoms with Crippen molar-refractivity contribution in [2.45, 2.75) is 6.92 Å². The Kier molecular flexibility index (Phi) is 1.81. The van der Waals surface area contributed by atoms with Gasteiger partial charge in [-0.15, -0.1) is 0 Å². The molecule has 0 bridgehead atoms. The van der Waals surface area contributed by atoms with Crippen LogP contribution in [-0.2, 0) is 0 Å². The summed E-state index contributed by atoms with van der Waals surface area (Å²) in [5.41, 5.74) is 13.6. The molecule has 0 radical (unpaired) electrons. The monoisotopic (exact) mass is 150 g/mol. The molecule has 1 rings (SSSR count). The second kappa shape index (κ2) is 2.62. The molecule has 0 spiro atoms. The summed E-state index contributed by atoms with van der Waals surface area (Å²) >= 11 is 0. The average Bonchev–Trinajstić information content (AvgIpc) is 1.99. The summed E-state index contributed by atoms with van der Waals surface area (Å²) in [6, 6.07) is 3.22. The summed E-state index contributed by atoms with van der Waals surface area (Å²) < 4.78 is 0. The summed E-state index contributed by atoms with van der Waals surface area (Å²) in [7, 11) is 0. The van der Waals surface area contributed by atoms with Crippen LogP contribution >= 0.6 is 0 Å². The average molecular weight is 150 g/mol. The van der Waals surface area contributed by atoms with Crippen molar-refractivity contribution < 1.29 is 4.79 Å². The Labute approximate surface area is 65.0 Å². The van der Waals surface area contributed by atoms with Gasteiger partial charge in [0.05, 0.1) is 0 Å². The van der Waals surface area contributed by atoms with E-state index in [0.717, 1.165) is 11.8 Å². The zero-order valence-corrected chi connectivity index (χ0v) is 6.29. The molecule has 0 aromatic heterocycles. The van der Waals surface area contributed by atoms with E-state index in [9.17, 15) is 4.79 Å². The van der Waals surface area contributed by atoms with Gasteiger partial charge in [-0.25, -0.2) is 0 Å². The molecule has 1 aromatic carbocycles. The van der Waals surface area contributed by atoms with Crippen LogP contribution < -0.4 is 11.5 Å². The van der Waals surface area contributed by atoms with Crippen molar-refractivity contribution >= 4 is 17.7 Å². The molecule has 0 saturated heterocycles. The quantitative estimate of drug-likeness (QED) is 0.463. The highest BCUT2D eigenvalue weighted by Crippen LogP contribution is 2.19. The Morgan fingerprint density at radius 1 is 1.27 bits per heavy atom. The molecule has 0 atom stereocenters. The first-order chi connectivity index (χ1) is 5.15. The lowest BCUT2D eigenvalue weighted by Crippen LogP contribution is -1.97. The fraction of sp³-hybridized carbons (Fsp3) is 0.125. The van der Waals surface area contributed by atoms with Crippen LogP contribution in [0.15, 0.2) is 12.1 Å². The third kappa shape index (κ3) is 1.32. The molecule has 0 aliphatic rings. The van der Waals surface area contributed by atoms with Crippen molar-refractivity contribution in [2.24, 2.45) is 0 Å². The molecule has 0 aliphatic carbocycles. The molecule has 0 saturated carbocycles. The van der Waals surface area contributed by atoms with E-state index in [1.165, 1.54) is 0 Å². The summed E-state index contributed by atoms with van der Waals surface area (Å²) in [6.45, 7) is 1.82. The third-order valence-electron chi connectivity index (χ3n) is 1.65. The van der Waals surface area contributed by atoms with E-state index in [1.807, 2.05) is 6.92 Å². The molecule has 3 heteroatoms. The van der Waals surface area contributed by atoms with Gasteiger partial charge in [0.2, 0.25) is 0 Å². The van der Waals surface area contributed by atoms with Gasteiger partial charge in [0, 0.05) is 16.9 Å². The lowest BCUT2D eigenvalue weighted by atomic mass is 10.1. The van der Waals surface area contributed by atoms with E-state index < -0.39 is 0 Å². The molecule has 1 aromatic rings. The Bertz CT molecular complexity index is 271. The summed E-state index contributed by atoms with van der Waals surface area (Å²) in [6.07, 6.45) is 0.728. The highest BCUT2D eigenvalue weighted by molar-refractivity contribution is 5.80. The van der Waals surface area contributed by atoms with E-state index in [2.05, 4.69) is 0 Å². The van der Waals surface area contributed by atoms with Crippen molar-refractivity contribution in [3.63, 3.8) is 0 Å². The van der Waals surface area contributed by atoms with Gasteiger partial charge in [-0.05, 0) is 24.6 Å². The number of aldehydes is 1. The minimum absolute atomic E-state index is 0.519.